The van der Waals surface area contributed by atoms with Crippen molar-refractivity contribution < 1.29 is 50.6 Å². The van der Waals surface area contributed by atoms with Crippen LogP contribution < -0.4 is 46.3 Å². The third-order valence-corrected chi connectivity index (χ3v) is 10.3. The molecule has 2 aliphatic rings. The van der Waals surface area contributed by atoms with E-state index in [1.165, 1.54) is 24.3 Å². The number of alkyl halides is 3. The molecular formula is C49H45F5N12O6. The fraction of sp³-hybridized carbons (Fsp3) is 0.184. The Balaban J connectivity index is 0.000000211. The Bertz CT molecular complexity index is 2980. The molecular weight excluding hydrogens is 948 g/mol. The van der Waals surface area contributed by atoms with E-state index >= 15 is 0 Å². The Kier molecular flexibility index (Phi) is 16.5. The molecule has 0 radical (unpaired) electrons. The molecule has 18 nitrogen and oxygen atoms in total. The lowest BCUT2D eigenvalue weighted by atomic mass is 10.2. The molecule has 0 atom stereocenters. The smallest absolute Gasteiger partial charge is 0.471 e. The monoisotopic (exact) mass is 992 g/mol. The predicted octanol–water partition coefficient (Wildman–Crippen LogP) is 9.13. The number of carbonyl (C=O) groups excluding carboxylic acids is 4. The molecule has 0 spiro atoms. The summed E-state index contributed by atoms with van der Waals surface area (Å²) < 4.78 is 79.0. The molecule has 4 heterocycles. The second-order valence-electron chi connectivity index (χ2n) is 15.5. The standard InChI is InChI=1S/C26H27FN6O3.C23H18F4N6O3/c1-2-23(34)29-18-7-3-8-19(15-18)30-25-22(27)17-28-26(32-25)31-20-9-4-10-21(16-20)36-14-6-13-33-12-5-11-24(33)35;1-2-19(34)29-13-4-3-5-14(10-13)30-20-16(24)12-28-22(32-20)31-15-6-7-18-17(11-15)33(8-9-36-18)21(35)23(25,26)27/h2-4,7-10,15-17H,1,5-6,11-14H2,(H,29,34)(H2,28,30,31,32);2-7,10-12H,1,8-9H2,(H,29,34)(H2,28,30,31,32). The molecule has 372 valence electrons. The van der Waals surface area contributed by atoms with Crippen LogP contribution in [0.15, 0.2) is 129 Å². The number of fused-ring (bicyclic) bond motifs is 1. The first-order valence-corrected chi connectivity index (χ1v) is 22.0. The molecule has 2 aromatic heterocycles. The second-order valence-corrected chi connectivity index (χ2v) is 15.5. The molecule has 0 aliphatic carbocycles. The fourth-order valence-corrected chi connectivity index (χ4v) is 7.01. The van der Waals surface area contributed by atoms with Crippen LogP contribution in [-0.4, -0.2) is 87.5 Å². The second kappa shape index (κ2) is 23.4. The SMILES string of the molecule is C=CC(=O)Nc1cccc(Nc2nc(Nc3ccc4c(c3)N(C(=O)C(F)(F)F)CCO4)ncc2F)c1.C=CC(=O)Nc1cccc(Nc2nc(Nc3cccc(OCCCN4CCCC4=O)c3)ncc2F)c1. The summed E-state index contributed by atoms with van der Waals surface area (Å²) in [5.41, 5.74) is 2.75. The molecule has 1 fully saturated rings. The summed E-state index contributed by atoms with van der Waals surface area (Å²) >= 11 is 0. The van der Waals surface area contributed by atoms with Gasteiger partial charge in [0.25, 0.3) is 0 Å². The van der Waals surface area contributed by atoms with Crippen molar-refractivity contribution in [2.75, 3.05) is 69.6 Å². The Hall–Kier alpha value is -9.15. The van der Waals surface area contributed by atoms with E-state index in [4.69, 9.17) is 9.47 Å². The van der Waals surface area contributed by atoms with Crippen LogP contribution in [0.4, 0.5) is 85.3 Å². The van der Waals surface area contributed by atoms with Gasteiger partial charge in [0, 0.05) is 59.7 Å². The number of amides is 4. The van der Waals surface area contributed by atoms with Crippen LogP contribution in [0.1, 0.15) is 19.3 Å². The Labute approximate surface area is 408 Å². The van der Waals surface area contributed by atoms with Gasteiger partial charge in [-0.1, -0.05) is 31.4 Å². The van der Waals surface area contributed by atoms with Crippen LogP contribution in [0, 0.1) is 11.6 Å². The minimum atomic E-state index is -5.05. The van der Waals surface area contributed by atoms with Crippen molar-refractivity contribution in [3.05, 3.63) is 140 Å². The summed E-state index contributed by atoms with van der Waals surface area (Å²) in [5.74, 6) is -3.31. The Morgan fingerprint density at radius 3 is 1.79 bits per heavy atom. The number of nitrogens with zero attached hydrogens (tertiary/aromatic N) is 6. The number of carbonyl (C=O) groups is 4. The van der Waals surface area contributed by atoms with Gasteiger partial charge in [-0.2, -0.15) is 23.1 Å². The first-order chi connectivity index (χ1) is 34.6. The third-order valence-electron chi connectivity index (χ3n) is 10.3. The van der Waals surface area contributed by atoms with Crippen molar-refractivity contribution in [1.82, 2.24) is 24.8 Å². The van der Waals surface area contributed by atoms with E-state index < -0.39 is 29.6 Å². The lowest BCUT2D eigenvalue weighted by molar-refractivity contribution is -0.170. The van der Waals surface area contributed by atoms with Crippen molar-refractivity contribution in [2.24, 2.45) is 0 Å². The molecule has 6 N–H and O–H groups in total. The lowest BCUT2D eigenvalue weighted by Crippen LogP contribution is -2.45. The highest BCUT2D eigenvalue weighted by atomic mass is 19.4. The van der Waals surface area contributed by atoms with Gasteiger partial charge in [-0.3, -0.25) is 24.1 Å². The maximum Gasteiger partial charge on any atom is 0.471 e. The largest absolute Gasteiger partial charge is 0.493 e. The number of benzene rings is 4. The zero-order valence-corrected chi connectivity index (χ0v) is 38.1. The molecule has 4 aromatic carbocycles. The van der Waals surface area contributed by atoms with Gasteiger partial charge in [0.05, 0.1) is 31.2 Å². The van der Waals surface area contributed by atoms with E-state index in [9.17, 15) is 41.1 Å². The quantitative estimate of drug-likeness (QED) is 0.0286. The first kappa shape index (κ1) is 50.7. The van der Waals surface area contributed by atoms with Crippen LogP contribution in [0.25, 0.3) is 0 Å². The summed E-state index contributed by atoms with van der Waals surface area (Å²) in [6.07, 6.45) is 1.51. The average Bonchev–Trinajstić information content (AvgIpc) is 3.78. The number of likely N-dealkylation sites (tertiary alicyclic amines) is 1. The first-order valence-electron chi connectivity index (χ1n) is 22.0. The van der Waals surface area contributed by atoms with E-state index in [-0.39, 0.29) is 65.6 Å². The van der Waals surface area contributed by atoms with E-state index in [1.54, 1.807) is 54.6 Å². The number of rotatable bonds is 17. The van der Waals surface area contributed by atoms with E-state index in [2.05, 4.69) is 65.0 Å². The fourth-order valence-electron chi connectivity index (χ4n) is 7.01. The zero-order valence-electron chi connectivity index (χ0n) is 38.1. The highest BCUT2D eigenvalue weighted by molar-refractivity contribution is 6.00. The molecule has 0 bridgehead atoms. The van der Waals surface area contributed by atoms with Gasteiger partial charge >= 0.3 is 12.1 Å². The Morgan fingerprint density at radius 2 is 1.25 bits per heavy atom. The van der Waals surface area contributed by atoms with Gasteiger partial charge in [-0.25, -0.2) is 18.7 Å². The normalized spacial score (nSPS) is 12.8. The van der Waals surface area contributed by atoms with E-state index in [0.29, 0.717) is 58.7 Å². The van der Waals surface area contributed by atoms with Crippen molar-refractivity contribution in [2.45, 2.75) is 25.4 Å². The summed E-state index contributed by atoms with van der Waals surface area (Å²) in [6, 6.07) is 24.7. The van der Waals surface area contributed by atoms with Crippen molar-refractivity contribution in [3.63, 3.8) is 0 Å². The van der Waals surface area contributed by atoms with Crippen LogP contribution in [0.2, 0.25) is 0 Å². The molecule has 72 heavy (non-hydrogen) atoms. The average molecular weight is 993 g/mol. The van der Waals surface area contributed by atoms with Gasteiger partial charge in [0.1, 0.15) is 18.1 Å². The summed E-state index contributed by atoms with van der Waals surface area (Å²) in [5, 5.41) is 16.7. The van der Waals surface area contributed by atoms with Crippen molar-refractivity contribution in [1.29, 1.82) is 0 Å². The van der Waals surface area contributed by atoms with Crippen LogP contribution in [-0.2, 0) is 19.2 Å². The number of halogens is 5. The maximum absolute atomic E-state index is 14.4. The van der Waals surface area contributed by atoms with Gasteiger partial charge in [-0.15, -0.1) is 0 Å². The summed E-state index contributed by atoms with van der Waals surface area (Å²) in [4.78, 5) is 65.2. The molecule has 23 heteroatoms. The van der Waals surface area contributed by atoms with Gasteiger partial charge in [-0.05, 0) is 91.7 Å². The number of nitrogens with one attached hydrogen (secondary N) is 6. The highest BCUT2D eigenvalue weighted by Crippen LogP contribution is 2.37. The van der Waals surface area contributed by atoms with Crippen LogP contribution >= 0.6 is 0 Å². The molecule has 6 aromatic rings. The van der Waals surface area contributed by atoms with E-state index in [1.807, 2.05) is 23.1 Å². The number of anilines is 11. The number of aromatic nitrogens is 4. The van der Waals surface area contributed by atoms with Crippen LogP contribution in [0.3, 0.4) is 0 Å². The van der Waals surface area contributed by atoms with Crippen LogP contribution in [0.5, 0.6) is 11.5 Å². The number of hydrogen-bond donors (Lipinski definition) is 6. The molecule has 0 unspecified atom stereocenters. The van der Waals surface area contributed by atoms with Gasteiger partial charge < -0.3 is 46.3 Å². The summed E-state index contributed by atoms with van der Waals surface area (Å²) in [6.45, 7) is 8.44. The minimum absolute atomic E-state index is 0.0245. The summed E-state index contributed by atoms with van der Waals surface area (Å²) in [7, 11) is 0. The van der Waals surface area contributed by atoms with Crippen molar-refractivity contribution in [3.8, 4) is 11.5 Å². The lowest BCUT2D eigenvalue weighted by Gasteiger charge is -2.30. The molecule has 1 saturated heterocycles. The van der Waals surface area contributed by atoms with Gasteiger partial charge in [0.15, 0.2) is 23.3 Å². The minimum Gasteiger partial charge on any atom is -0.493 e. The Morgan fingerprint density at radius 1 is 0.708 bits per heavy atom. The topological polar surface area (TPSA) is 217 Å². The third kappa shape index (κ3) is 14.0. The molecule has 0 saturated carbocycles. The van der Waals surface area contributed by atoms with Crippen molar-refractivity contribution >= 4 is 87.0 Å². The molecule has 4 amide bonds. The van der Waals surface area contributed by atoms with E-state index in [0.717, 1.165) is 37.9 Å². The number of hydrogen-bond acceptors (Lipinski definition) is 14. The van der Waals surface area contributed by atoms with Gasteiger partial charge in [0.2, 0.25) is 29.6 Å². The zero-order chi connectivity index (χ0) is 51.2. The molecule has 2 aliphatic heterocycles. The highest BCUT2D eigenvalue weighted by Gasteiger charge is 2.44. The molecule has 8 rings (SSSR count). The number of ether oxygens (including phenoxy) is 2. The predicted molar refractivity (Wildman–Crippen MR) is 260 cm³/mol. The maximum atomic E-state index is 14.4.